The van der Waals surface area contributed by atoms with Crippen molar-refractivity contribution in [2.24, 2.45) is 0 Å². The molecule has 2 heterocycles. The number of H-pyrrole nitrogens is 1. The van der Waals surface area contributed by atoms with Crippen molar-refractivity contribution < 1.29 is 0 Å². The first-order valence-corrected chi connectivity index (χ1v) is 23.4. The number of hydrogen-bond donors (Lipinski definition) is 1. The SMILES string of the molecule is CC(C)(C)c1ccc(-c2ccc3[nH]c4c(-c5cc(-n6c7ccc(C(C)(C)C)cc7c7cc(C(C)(C)C)ccc76)cc(C(C)(C)C)c5)cc(-c5ccc(C(C)(C)C)cc5)cc4c3c2)cc1. The van der Waals surface area contributed by atoms with Crippen LogP contribution in [0.15, 0.2) is 133 Å². The predicted molar refractivity (Wildman–Crippen MR) is 280 cm³/mol. The van der Waals surface area contributed by atoms with Crippen molar-refractivity contribution in [2.75, 3.05) is 0 Å². The van der Waals surface area contributed by atoms with Crippen molar-refractivity contribution >= 4 is 43.6 Å². The highest BCUT2D eigenvalue weighted by atomic mass is 15.0. The third-order valence-electron chi connectivity index (χ3n) is 13.7. The van der Waals surface area contributed by atoms with Crippen LogP contribution in [0.5, 0.6) is 0 Å². The van der Waals surface area contributed by atoms with E-state index in [2.05, 4.69) is 247 Å². The topological polar surface area (TPSA) is 20.7 Å². The van der Waals surface area contributed by atoms with Crippen LogP contribution in [0.25, 0.3) is 82.7 Å². The van der Waals surface area contributed by atoms with Crippen LogP contribution in [0, 0.1) is 0 Å². The molecular formula is C62H68N2. The second-order valence-electron chi connectivity index (χ2n) is 23.8. The summed E-state index contributed by atoms with van der Waals surface area (Å²) in [5.41, 5.74) is 20.1. The van der Waals surface area contributed by atoms with Crippen molar-refractivity contribution in [3.8, 4) is 39.1 Å². The molecule has 0 radical (unpaired) electrons. The summed E-state index contributed by atoms with van der Waals surface area (Å²) in [6.45, 7) is 34.6. The molecule has 2 nitrogen and oxygen atoms in total. The third-order valence-corrected chi connectivity index (χ3v) is 13.7. The van der Waals surface area contributed by atoms with Crippen LogP contribution in [0.1, 0.15) is 132 Å². The van der Waals surface area contributed by atoms with Gasteiger partial charge in [0.05, 0.1) is 16.6 Å². The molecule has 0 unspecified atom stereocenters. The minimum atomic E-state index is -0.0975. The van der Waals surface area contributed by atoms with E-state index in [9.17, 15) is 0 Å². The van der Waals surface area contributed by atoms with E-state index in [1.165, 1.54) is 99.5 Å². The van der Waals surface area contributed by atoms with Gasteiger partial charge in [-0.05, 0) is 143 Å². The van der Waals surface area contributed by atoms with Crippen LogP contribution in [0.2, 0.25) is 0 Å². The van der Waals surface area contributed by atoms with Gasteiger partial charge >= 0.3 is 0 Å². The smallest absolute Gasteiger partial charge is 0.0544 e. The minimum Gasteiger partial charge on any atom is -0.354 e. The number of rotatable bonds is 4. The zero-order valence-corrected chi connectivity index (χ0v) is 41.1. The van der Waals surface area contributed by atoms with E-state index < -0.39 is 0 Å². The monoisotopic (exact) mass is 841 g/mol. The van der Waals surface area contributed by atoms with Gasteiger partial charge in [0.2, 0.25) is 0 Å². The molecule has 2 aromatic heterocycles. The molecule has 0 aliphatic heterocycles. The van der Waals surface area contributed by atoms with Crippen molar-refractivity contribution in [3.63, 3.8) is 0 Å². The van der Waals surface area contributed by atoms with E-state index in [0.29, 0.717) is 0 Å². The maximum absolute atomic E-state index is 3.97. The number of fused-ring (bicyclic) bond motifs is 6. The normalized spacial score (nSPS) is 13.2. The fourth-order valence-electron chi connectivity index (χ4n) is 9.46. The number of nitrogens with zero attached hydrogens (tertiary/aromatic N) is 1. The predicted octanol–water partition coefficient (Wildman–Crippen LogP) is 17.9. The quantitative estimate of drug-likeness (QED) is 0.182. The number of hydrogen-bond acceptors (Lipinski definition) is 0. The van der Waals surface area contributed by atoms with E-state index in [4.69, 9.17) is 0 Å². The third kappa shape index (κ3) is 7.88. The van der Waals surface area contributed by atoms with Crippen molar-refractivity contribution in [3.05, 3.63) is 161 Å². The first-order valence-electron chi connectivity index (χ1n) is 23.4. The molecular weight excluding hydrogens is 773 g/mol. The van der Waals surface area contributed by atoms with Crippen LogP contribution >= 0.6 is 0 Å². The second-order valence-corrected chi connectivity index (χ2v) is 23.8. The highest BCUT2D eigenvalue weighted by Gasteiger charge is 2.25. The summed E-state index contributed by atoms with van der Waals surface area (Å²) < 4.78 is 2.52. The minimum absolute atomic E-state index is 0.0320. The number of aromatic nitrogens is 2. The Kier molecular flexibility index (Phi) is 10.1. The van der Waals surface area contributed by atoms with Gasteiger partial charge in [0.1, 0.15) is 0 Å². The zero-order valence-electron chi connectivity index (χ0n) is 41.1. The van der Waals surface area contributed by atoms with E-state index in [-0.39, 0.29) is 27.1 Å². The molecule has 2 heteroatoms. The molecule has 0 amide bonds. The van der Waals surface area contributed by atoms with Gasteiger partial charge in [-0.25, -0.2) is 0 Å². The van der Waals surface area contributed by atoms with Crippen molar-refractivity contribution in [1.82, 2.24) is 9.55 Å². The molecule has 326 valence electrons. The lowest BCUT2D eigenvalue weighted by Crippen LogP contribution is -2.12. The van der Waals surface area contributed by atoms with Gasteiger partial charge in [0, 0.05) is 38.3 Å². The molecule has 7 aromatic carbocycles. The average molecular weight is 841 g/mol. The van der Waals surface area contributed by atoms with Gasteiger partial charge in [0.25, 0.3) is 0 Å². The Morgan fingerprint density at radius 3 is 1.23 bits per heavy atom. The zero-order chi connectivity index (χ0) is 45.9. The highest BCUT2D eigenvalue weighted by Crippen LogP contribution is 2.44. The van der Waals surface area contributed by atoms with E-state index in [0.717, 1.165) is 11.0 Å². The molecule has 0 spiro atoms. The standard InChI is InChI=1S/C62H68N2/c1-58(2,3)43-21-16-38(17-22-43)40-20-27-54-50(32-40)53-34-41(39-18-23-44(24-19-39)59(4,5)6)33-49(57(53)63-54)42-30-47(62(13,14)15)35-48(31-42)64-55-28-25-45(60(7,8)9)36-51(55)52-37-46(61(10,11)12)26-29-56(52)64/h16-37,63H,1-15H3. The maximum atomic E-state index is 3.97. The summed E-state index contributed by atoms with van der Waals surface area (Å²) >= 11 is 0. The Hall–Kier alpha value is -5.86. The Balaban J connectivity index is 1.32. The lowest BCUT2D eigenvalue weighted by molar-refractivity contribution is 0.590. The van der Waals surface area contributed by atoms with Crippen LogP contribution in [0.3, 0.4) is 0 Å². The molecule has 0 aliphatic rings. The summed E-state index contributed by atoms with van der Waals surface area (Å²) in [6.07, 6.45) is 0. The van der Waals surface area contributed by atoms with Crippen LogP contribution in [-0.4, -0.2) is 9.55 Å². The van der Waals surface area contributed by atoms with E-state index in [1.807, 2.05) is 0 Å². The molecule has 0 aliphatic carbocycles. The van der Waals surface area contributed by atoms with Crippen LogP contribution in [-0.2, 0) is 27.1 Å². The number of benzene rings is 7. The van der Waals surface area contributed by atoms with Crippen LogP contribution < -0.4 is 0 Å². The lowest BCUT2D eigenvalue weighted by atomic mass is 9.84. The van der Waals surface area contributed by atoms with Gasteiger partial charge in [-0.15, -0.1) is 0 Å². The van der Waals surface area contributed by atoms with Crippen molar-refractivity contribution in [1.29, 1.82) is 0 Å². The summed E-state index contributed by atoms with van der Waals surface area (Å²) in [7, 11) is 0. The fourth-order valence-corrected chi connectivity index (χ4v) is 9.46. The van der Waals surface area contributed by atoms with Gasteiger partial charge in [-0.1, -0.05) is 177 Å². The highest BCUT2D eigenvalue weighted by molar-refractivity contribution is 6.15. The molecule has 0 fully saturated rings. The summed E-state index contributed by atoms with van der Waals surface area (Å²) in [5.74, 6) is 0. The Labute approximate surface area is 382 Å². The van der Waals surface area contributed by atoms with Crippen LogP contribution in [0.4, 0.5) is 0 Å². The van der Waals surface area contributed by atoms with Gasteiger partial charge in [-0.2, -0.15) is 0 Å². The molecule has 0 bridgehead atoms. The second kappa shape index (κ2) is 14.8. The van der Waals surface area contributed by atoms with Gasteiger partial charge < -0.3 is 9.55 Å². The molecule has 0 saturated heterocycles. The first kappa shape index (κ1) is 43.4. The number of aromatic amines is 1. The molecule has 9 rings (SSSR count). The summed E-state index contributed by atoms with van der Waals surface area (Å²) in [5, 5.41) is 5.08. The van der Waals surface area contributed by atoms with Crippen molar-refractivity contribution in [2.45, 2.75) is 131 Å². The van der Waals surface area contributed by atoms with E-state index >= 15 is 0 Å². The Bertz CT molecular complexity index is 3160. The molecule has 0 atom stereocenters. The fraction of sp³-hybridized carbons (Fsp3) is 0.323. The number of nitrogens with one attached hydrogen (secondary N) is 1. The molecule has 64 heavy (non-hydrogen) atoms. The maximum Gasteiger partial charge on any atom is 0.0544 e. The van der Waals surface area contributed by atoms with E-state index in [1.54, 1.807) is 0 Å². The summed E-state index contributed by atoms with van der Waals surface area (Å²) in [4.78, 5) is 3.97. The molecule has 9 aromatic rings. The average Bonchev–Trinajstić information content (AvgIpc) is 3.76. The molecule has 1 N–H and O–H groups in total. The molecule has 0 saturated carbocycles. The van der Waals surface area contributed by atoms with Gasteiger partial charge in [0.15, 0.2) is 0 Å². The van der Waals surface area contributed by atoms with Gasteiger partial charge in [-0.3, -0.25) is 0 Å². The largest absolute Gasteiger partial charge is 0.354 e. The summed E-state index contributed by atoms with van der Waals surface area (Å²) in [6, 6.07) is 51.8. The Morgan fingerprint density at radius 2 is 0.750 bits per heavy atom. The Morgan fingerprint density at radius 1 is 0.312 bits per heavy atom. The lowest BCUT2D eigenvalue weighted by Gasteiger charge is -2.23. The first-order chi connectivity index (χ1) is 29.8.